The average Bonchev–Trinajstić information content (AvgIpc) is 3.06. The predicted octanol–water partition coefficient (Wildman–Crippen LogP) is 2.65. The van der Waals surface area contributed by atoms with Crippen molar-refractivity contribution in [1.82, 2.24) is 0 Å². The summed E-state index contributed by atoms with van der Waals surface area (Å²) in [4.78, 5) is 13.8. The predicted molar refractivity (Wildman–Crippen MR) is 81.0 cm³/mol. The van der Waals surface area contributed by atoms with Crippen LogP contribution < -0.4 is 10.1 Å². The fraction of sp³-hybridized carbons (Fsp3) is 0.312. The molecule has 0 bridgehead atoms. The fourth-order valence-corrected chi connectivity index (χ4v) is 4.19. The molecule has 0 saturated carbocycles. The Labute approximate surface area is 126 Å². The van der Waals surface area contributed by atoms with Gasteiger partial charge in [-0.25, -0.2) is 0 Å². The number of carbonyl (C=O) groups is 1. The van der Waals surface area contributed by atoms with Crippen molar-refractivity contribution in [2.75, 3.05) is 11.9 Å². The second-order valence-electron chi connectivity index (χ2n) is 5.45. The minimum absolute atomic E-state index is 0.0482. The van der Waals surface area contributed by atoms with E-state index in [2.05, 4.69) is 11.4 Å². The van der Waals surface area contributed by atoms with Crippen LogP contribution in [0.2, 0.25) is 0 Å². The number of nitrogens with one attached hydrogen (secondary N) is 1. The third-order valence-corrected chi connectivity index (χ3v) is 5.28. The molecule has 108 valence electrons. The van der Waals surface area contributed by atoms with Crippen molar-refractivity contribution in [3.05, 3.63) is 45.1 Å². The van der Waals surface area contributed by atoms with Gasteiger partial charge < -0.3 is 15.2 Å². The van der Waals surface area contributed by atoms with Crippen LogP contribution in [0.5, 0.6) is 5.75 Å². The van der Waals surface area contributed by atoms with Gasteiger partial charge in [0.1, 0.15) is 11.9 Å². The quantitative estimate of drug-likeness (QED) is 0.896. The van der Waals surface area contributed by atoms with Crippen LogP contribution in [0.4, 0.5) is 5.69 Å². The van der Waals surface area contributed by atoms with E-state index in [1.54, 1.807) is 23.5 Å². The van der Waals surface area contributed by atoms with Gasteiger partial charge in [-0.1, -0.05) is 6.07 Å². The van der Waals surface area contributed by atoms with Crippen molar-refractivity contribution in [2.45, 2.75) is 25.4 Å². The molecule has 2 heterocycles. The summed E-state index contributed by atoms with van der Waals surface area (Å²) >= 11 is 1.69. The zero-order valence-corrected chi connectivity index (χ0v) is 12.2. The van der Waals surface area contributed by atoms with E-state index in [1.807, 2.05) is 6.07 Å². The van der Waals surface area contributed by atoms with E-state index in [-0.39, 0.29) is 12.5 Å². The number of thiophene rings is 1. The summed E-state index contributed by atoms with van der Waals surface area (Å²) in [6.45, 7) is 0.0482. The van der Waals surface area contributed by atoms with E-state index >= 15 is 0 Å². The number of benzene rings is 1. The number of hydrogen-bond donors (Lipinski definition) is 2. The molecule has 21 heavy (non-hydrogen) atoms. The van der Waals surface area contributed by atoms with Crippen molar-refractivity contribution in [2.24, 2.45) is 0 Å². The van der Waals surface area contributed by atoms with Gasteiger partial charge in [0.05, 0.1) is 5.69 Å². The number of carbonyl (C=O) groups excluding carboxylic acids is 1. The molecule has 4 nitrogen and oxygen atoms in total. The number of aliphatic hydroxyl groups is 1. The van der Waals surface area contributed by atoms with Crippen LogP contribution in [0.25, 0.3) is 0 Å². The first-order chi connectivity index (χ1) is 10.2. The van der Waals surface area contributed by atoms with Gasteiger partial charge in [0, 0.05) is 9.75 Å². The highest BCUT2D eigenvalue weighted by molar-refractivity contribution is 7.12. The lowest BCUT2D eigenvalue weighted by Gasteiger charge is -2.19. The van der Waals surface area contributed by atoms with E-state index in [9.17, 15) is 9.90 Å². The Morgan fingerprint density at radius 2 is 2.19 bits per heavy atom. The first-order valence-corrected chi connectivity index (χ1v) is 7.88. The molecule has 2 aliphatic rings. The van der Waals surface area contributed by atoms with Gasteiger partial charge in [0.2, 0.25) is 0 Å². The van der Waals surface area contributed by atoms with Crippen molar-refractivity contribution in [3.8, 4) is 5.75 Å². The number of aryl methyl sites for hydroxylation is 2. The molecule has 2 N–H and O–H groups in total. The number of rotatable bonds is 2. The number of anilines is 1. The minimum atomic E-state index is -0.648. The van der Waals surface area contributed by atoms with Crippen LogP contribution in [-0.2, 0) is 17.6 Å². The largest absolute Gasteiger partial charge is 0.482 e. The van der Waals surface area contributed by atoms with Gasteiger partial charge in [0.25, 0.3) is 5.91 Å². The molecule has 2 aromatic rings. The summed E-state index contributed by atoms with van der Waals surface area (Å²) in [6.07, 6.45) is 2.82. The summed E-state index contributed by atoms with van der Waals surface area (Å²) < 4.78 is 5.33. The van der Waals surface area contributed by atoms with E-state index in [4.69, 9.17) is 4.74 Å². The summed E-state index contributed by atoms with van der Waals surface area (Å²) in [7, 11) is 0. The van der Waals surface area contributed by atoms with Crippen LogP contribution in [0.1, 0.15) is 33.4 Å². The smallest absolute Gasteiger partial charge is 0.262 e. The van der Waals surface area contributed by atoms with Crippen LogP contribution in [0.15, 0.2) is 24.3 Å². The minimum Gasteiger partial charge on any atom is -0.482 e. The van der Waals surface area contributed by atoms with Crippen molar-refractivity contribution >= 4 is 22.9 Å². The first kappa shape index (κ1) is 12.9. The molecular formula is C16H15NO3S. The summed E-state index contributed by atoms with van der Waals surface area (Å²) in [5.74, 6) is 0.489. The van der Waals surface area contributed by atoms with Crippen molar-refractivity contribution in [3.63, 3.8) is 0 Å². The lowest BCUT2D eigenvalue weighted by molar-refractivity contribution is -0.118. The Balaban J connectivity index is 1.66. The van der Waals surface area contributed by atoms with Crippen molar-refractivity contribution in [1.29, 1.82) is 0 Å². The van der Waals surface area contributed by atoms with Crippen LogP contribution in [0.3, 0.4) is 0 Å². The number of fused-ring (bicyclic) bond motifs is 2. The van der Waals surface area contributed by atoms with Gasteiger partial charge in [-0.2, -0.15) is 0 Å². The molecule has 1 aromatic heterocycles. The Morgan fingerprint density at radius 3 is 3.05 bits per heavy atom. The molecule has 0 saturated heterocycles. The molecule has 1 aromatic carbocycles. The van der Waals surface area contributed by atoms with E-state index in [1.165, 1.54) is 16.9 Å². The Bertz CT molecular complexity index is 701. The SMILES string of the molecule is O=C1COc2ccc(C(O)c3cc4c(s3)CCC4)cc2N1. The molecule has 0 spiro atoms. The number of aliphatic hydroxyl groups excluding tert-OH is 1. The van der Waals surface area contributed by atoms with E-state index in [0.717, 1.165) is 23.3 Å². The molecule has 4 rings (SSSR count). The van der Waals surface area contributed by atoms with Gasteiger partial charge in [-0.3, -0.25) is 4.79 Å². The monoisotopic (exact) mass is 301 g/mol. The number of amides is 1. The normalized spacial score (nSPS) is 17.7. The maximum Gasteiger partial charge on any atom is 0.262 e. The molecule has 1 aliphatic carbocycles. The summed E-state index contributed by atoms with van der Waals surface area (Å²) in [5, 5.41) is 13.3. The maximum atomic E-state index is 11.4. The van der Waals surface area contributed by atoms with Crippen molar-refractivity contribution < 1.29 is 14.6 Å². The first-order valence-electron chi connectivity index (χ1n) is 7.07. The zero-order valence-electron chi connectivity index (χ0n) is 11.4. The Morgan fingerprint density at radius 1 is 1.29 bits per heavy atom. The molecule has 0 fully saturated rings. The fourth-order valence-electron chi connectivity index (χ4n) is 2.92. The van der Waals surface area contributed by atoms with E-state index in [0.29, 0.717) is 11.4 Å². The van der Waals surface area contributed by atoms with Crippen LogP contribution in [0, 0.1) is 0 Å². The summed E-state index contributed by atoms with van der Waals surface area (Å²) in [5.41, 5.74) is 2.79. The van der Waals surface area contributed by atoms with Gasteiger partial charge in [-0.05, 0) is 48.6 Å². The third-order valence-electron chi connectivity index (χ3n) is 3.99. The van der Waals surface area contributed by atoms with Gasteiger partial charge in [0.15, 0.2) is 6.61 Å². The molecule has 1 aliphatic heterocycles. The maximum absolute atomic E-state index is 11.4. The molecule has 5 heteroatoms. The standard InChI is InChI=1S/C16H15NO3S/c18-15-8-20-12-5-4-10(6-11(12)17-15)16(19)14-7-9-2-1-3-13(9)21-14/h4-7,16,19H,1-3,8H2,(H,17,18). The highest BCUT2D eigenvalue weighted by Crippen LogP contribution is 2.38. The van der Waals surface area contributed by atoms with Gasteiger partial charge >= 0.3 is 0 Å². The molecule has 1 unspecified atom stereocenters. The number of ether oxygens (including phenoxy) is 1. The average molecular weight is 301 g/mol. The molecule has 1 amide bonds. The lowest BCUT2D eigenvalue weighted by atomic mass is 10.1. The Hall–Kier alpha value is -1.85. The summed E-state index contributed by atoms with van der Waals surface area (Å²) in [6, 6.07) is 7.56. The van der Waals surface area contributed by atoms with Gasteiger partial charge in [-0.15, -0.1) is 11.3 Å². The Kier molecular flexibility index (Phi) is 2.97. The van der Waals surface area contributed by atoms with Crippen LogP contribution >= 0.6 is 11.3 Å². The third kappa shape index (κ3) is 2.22. The second-order valence-corrected chi connectivity index (χ2v) is 6.61. The van der Waals surface area contributed by atoms with E-state index < -0.39 is 6.10 Å². The second kappa shape index (κ2) is 4.86. The zero-order chi connectivity index (χ0) is 14.4. The highest BCUT2D eigenvalue weighted by atomic mass is 32.1. The molecule has 0 radical (unpaired) electrons. The lowest BCUT2D eigenvalue weighted by Crippen LogP contribution is -2.25. The van der Waals surface area contributed by atoms with Crippen LogP contribution in [-0.4, -0.2) is 17.6 Å². The molecular weight excluding hydrogens is 286 g/mol. The highest BCUT2D eigenvalue weighted by Gasteiger charge is 2.22. The number of hydrogen-bond acceptors (Lipinski definition) is 4. The topological polar surface area (TPSA) is 58.6 Å². The molecule has 1 atom stereocenters.